The summed E-state index contributed by atoms with van der Waals surface area (Å²) in [6.45, 7) is 0.755. The summed E-state index contributed by atoms with van der Waals surface area (Å²) >= 11 is 1.68. The third-order valence-electron chi connectivity index (χ3n) is 4.62. The molecule has 1 saturated heterocycles. The molecule has 2 aliphatic rings. The Balaban J connectivity index is 1.64. The highest BCUT2D eigenvalue weighted by Gasteiger charge is 2.31. The second kappa shape index (κ2) is 7.01. The van der Waals surface area contributed by atoms with Gasteiger partial charge in [-0.1, -0.05) is 0 Å². The number of rotatable bonds is 3. The molecule has 1 aromatic rings. The maximum absolute atomic E-state index is 13.5. The van der Waals surface area contributed by atoms with E-state index < -0.39 is 10.0 Å². The molecule has 8 heteroatoms. The standard InChI is InChI=1S/C16H21FN2O3S2/c1-24(21,22)19-7-4-11(5-8-19)16(20)18-14-6-9-23-15-3-2-12(17)10-13(14)15/h2-3,10-11,14H,4-9H2,1H3,(H,18,20)/t14-/m1/s1. The molecule has 1 amide bonds. The first-order valence-electron chi connectivity index (χ1n) is 8.02. The third kappa shape index (κ3) is 3.92. The van der Waals surface area contributed by atoms with Crippen molar-refractivity contribution in [2.24, 2.45) is 5.92 Å². The van der Waals surface area contributed by atoms with Crippen LogP contribution in [0.3, 0.4) is 0 Å². The van der Waals surface area contributed by atoms with Crippen LogP contribution in [0.5, 0.6) is 0 Å². The van der Waals surface area contributed by atoms with Gasteiger partial charge in [0.1, 0.15) is 5.82 Å². The van der Waals surface area contributed by atoms with E-state index in [1.807, 2.05) is 0 Å². The minimum atomic E-state index is -3.19. The van der Waals surface area contributed by atoms with E-state index in [1.54, 1.807) is 17.8 Å². The minimum Gasteiger partial charge on any atom is -0.349 e. The molecule has 1 atom stereocenters. The lowest BCUT2D eigenvalue weighted by atomic mass is 9.95. The molecule has 0 bridgehead atoms. The summed E-state index contributed by atoms with van der Waals surface area (Å²) in [7, 11) is -3.19. The summed E-state index contributed by atoms with van der Waals surface area (Å²) < 4.78 is 38.0. The first kappa shape index (κ1) is 17.7. The highest BCUT2D eigenvalue weighted by molar-refractivity contribution is 7.99. The lowest BCUT2D eigenvalue weighted by molar-refractivity contribution is -0.126. The number of nitrogens with zero attached hydrogens (tertiary/aromatic N) is 1. The monoisotopic (exact) mass is 372 g/mol. The van der Waals surface area contributed by atoms with Crippen LogP contribution in [0.15, 0.2) is 23.1 Å². The number of halogens is 1. The lowest BCUT2D eigenvalue weighted by Crippen LogP contribution is -2.43. The Morgan fingerprint density at radius 2 is 2.00 bits per heavy atom. The molecule has 0 unspecified atom stereocenters. The van der Waals surface area contributed by atoms with Crippen molar-refractivity contribution in [2.75, 3.05) is 25.1 Å². The van der Waals surface area contributed by atoms with Crippen LogP contribution < -0.4 is 5.32 Å². The van der Waals surface area contributed by atoms with Crippen molar-refractivity contribution in [3.05, 3.63) is 29.6 Å². The van der Waals surface area contributed by atoms with Crippen LogP contribution >= 0.6 is 11.8 Å². The average molecular weight is 372 g/mol. The minimum absolute atomic E-state index is 0.0599. The van der Waals surface area contributed by atoms with Crippen LogP contribution in [0.4, 0.5) is 4.39 Å². The number of nitrogens with one attached hydrogen (secondary N) is 1. The molecule has 132 valence electrons. The topological polar surface area (TPSA) is 66.5 Å². The number of benzene rings is 1. The van der Waals surface area contributed by atoms with Crippen molar-refractivity contribution in [3.8, 4) is 0 Å². The number of amides is 1. The smallest absolute Gasteiger partial charge is 0.223 e. The van der Waals surface area contributed by atoms with Gasteiger partial charge in [0.05, 0.1) is 12.3 Å². The maximum atomic E-state index is 13.5. The Morgan fingerprint density at radius 1 is 1.29 bits per heavy atom. The SMILES string of the molecule is CS(=O)(=O)N1CCC(C(=O)N[C@@H]2CCSc3ccc(F)cc32)CC1. The van der Waals surface area contributed by atoms with E-state index in [2.05, 4.69) is 5.32 Å². The number of carbonyl (C=O) groups excluding carboxylic acids is 1. The molecule has 0 aromatic heterocycles. The van der Waals surface area contributed by atoms with Crippen molar-refractivity contribution in [3.63, 3.8) is 0 Å². The van der Waals surface area contributed by atoms with Gasteiger partial charge in [0.25, 0.3) is 0 Å². The molecule has 0 radical (unpaired) electrons. The van der Waals surface area contributed by atoms with Gasteiger partial charge in [-0.25, -0.2) is 17.1 Å². The number of thioether (sulfide) groups is 1. The Hall–Kier alpha value is -1.12. The molecule has 24 heavy (non-hydrogen) atoms. The number of carbonyl (C=O) groups is 1. The fourth-order valence-corrected chi connectivity index (χ4v) is 5.23. The van der Waals surface area contributed by atoms with Crippen LogP contribution in [0, 0.1) is 11.7 Å². The fraction of sp³-hybridized carbons (Fsp3) is 0.562. The predicted octanol–water partition coefficient (Wildman–Crippen LogP) is 2.15. The summed E-state index contributed by atoms with van der Waals surface area (Å²) in [5.74, 6) is 0.345. The molecule has 3 rings (SSSR count). The van der Waals surface area contributed by atoms with E-state index >= 15 is 0 Å². The zero-order valence-electron chi connectivity index (χ0n) is 13.5. The molecule has 2 aliphatic heterocycles. The zero-order chi connectivity index (χ0) is 17.3. The summed E-state index contributed by atoms with van der Waals surface area (Å²) in [5.41, 5.74) is 0.841. The highest BCUT2D eigenvalue weighted by atomic mass is 32.2. The Morgan fingerprint density at radius 3 is 2.67 bits per heavy atom. The van der Waals surface area contributed by atoms with Gasteiger partial charge in [-0.3, -0.25) is 4.79 Å². The van der Waals surface area contributed by atoms with E-state index in [9.17, 15) is 17.6 Å². The highest BCUT2D eigenvalue weighted by Crippen LogP contribution is 2.36. The maximum Gasteiger partial charge on any atom is 0.223 e. The quantitative estimate of drug-likeness (QED) is 0.883. The molecule has 0 saturated carbocycles. The van der Waals surface area contributed by atoms with E-state index in [4.69, 9.17) is 0 Å². The van der Waals surface area contributed by atoms with Gasteiger partial charge in [0.2, 0.25) is 15.9 Å². The van der Waals surface area contributed by atoms with Crippen LogP contribution in [0.2, 0.25) is 0 Å². The van der Waals surface area contributed by atoms with Crippen LogP contribution in [0.25, 0.3) is 0 Å². The number of sulfonamides is 1. The number of hydrogen-bond acceptors (Lipinski definition) is 4. The Kier molecular flexibility index (Phi) is 5.17. The van der Waals surface area contributed by atoms with Crippen LogP contribution in [-0.2, 0) is 14.8 Å². The molecule has 1 aromatic carbocycles. The second-order valence-corrected chi connectivity index (χ2v) is 9.44. The Bertz CT molecular complexity index is 731. The van der Waals surface area contributed by atoms with Crippen molar-refractivity contribution in [2.45, 2.75) is 30.2 Å². The molecule has 1 fully saturated rings. The normalized spacial score (nSPS) is 22.8. The molecule has 0 aliphatic carbocycles. The summed E-state index contributed by atoms with van der Waals surface area (Å²) in [4.78, 5) is 13.6. The van der Waals surface area contributed by atoms with Crippen molar-refractivity contribution in [1.29, 1.82) is 0 Å². The summed E-state index contributed by atoms with van der Waals surface area (Å²) in [6.07, 6.45) is 3.01. The van der Waals surface area contributed by atoms with Gasteiger partial charge < -0.3 is 5.32 Å². The molecular formula is C16H21FN2O3S2. The third-order valence-corrected chi connectivity index (χ3v) is 7.05. The van der Waals surface area contributed by atoms with Gasteiger partial charge in [0, 0.05) is 29.7 Å². The van der Waals surface area contributed by atoms with E-state index in [0.29, 0.717) is 25.9 Å². The fourth-order valence-electron chi connectivity index (χ4n) is 3.25. The Labute approximate surface area is 146 Å². The van der Waals surface area contributed by atoms with Crippen molar-refractivity contribution in [1.82, 2.24) is 9.62 Å². The van der Waals surface area contributed by atoms with Gasteiger partial charge >= 0.3 is 0 Å². The molecule has 1 N–H and O–H groups in total. The average Bonchev–Trinajstić information content (AvgIpc) is 2.54. The number of piperidine rings is 1. The largest absolute Gasteiger partial charge is 0.349 e. The predicted molar refractivity (Wildman–Crippen MR) is 91.8 cm³/mol. The van der Waals surface area contributed by atoms with Crippen LogP contribution in [-0.4, -0.2) is 43.7 Å². The van der Waals surface area contributed by atoms with Crippen molar-refractivity contribution >= 4 is 27.7 Å². The zero-order valence-corrected chi connectivity index (χ0v) is 15.1. The first-order chi connectivity index (χ1) is 11.3. The van der Waals surface area contributed by atoms with E-state index in [0.717, 1.165) is 22.6 Å². The van der Waals surface area contributed by atoms with Gasteiger partial charge in [0.15, 0.2) is 0 Å². The van der Waals surface area contributed by atoms with Gasteiger partial charge in [-0.15, -0.1) is 11.8 Å². The van der Waals surface area contributed by atoms with Crippen molar-refractivity contribution < 1.29 is 17.6 Å². The van der Waals surface area contributed by atoms with Gasteiger partial charge in [-0.05, 0) is 43.0 Å². The summed E-state index contributed by atoms with van der Waals surface area (Å²) in [5, 5.41) is 3.04. The number of hydrogen-bond donors (Lipinski definition) is 1. The van der Waals surface area contributed by atoms with Gasteiger partial charge in [-0.2, -0.15) is 0 Å². The van der Waals surface area contributed by atoms with E-state index in [1.165, 1.54) is 22.7 Å². The molecule has 5 nitrogen and oxygen atoms in total. The first-order valence-corrected chi connectivity index (χ1v) is 10.9. The van der Waals surface area contributed by atoms with Crippen LogP contribution in [0.1, 0.15) is 30.9 Å². The molecule has 2 heterocycles. The molecular weight excluding hydrogens is 351 g/mol. The van der Waals surface area contributed by atoms with E-state index in [-0.39, 0.29) is 23.7 Å². The summed E-state index contributed by atoms with van der Waals surface area (Å²) in [6, 6.07) is 4.53. The molecule has 0 spiro atoms. The lowest BCUT2D eigenvalue weighted by Gasteiger charge is -2.32. The number of fused-ring (bicyclic) bond motifs is 1. The second-order valence-electron chi connectivity index (χ2n) is 6.32.